The molecule has 0 aliphatic carbocycles. The van der Waals surface area contributed by atoms with Gasteiger partial charge in [0.2, 0.25) is 5.91 Å². The summed E-state index contributed by atoms with van der Waals surface area (Å²) in [5.41, 5.74) is 4.92. The summed E-state index contributed by atoms with van der Waals surface area (Å²) in [6.45, 7) is 4.46. The van der Waals surface area contributed by atoms with E-state index < -0.39 is 0 Å². The van der Waals surface area contributed by atoms with Gasteiger partial charge in [0.05, 0.1) is 0 Å². The lowest BCUT2D eigenvalue weighted by molar-refractivity contribution is -0.118. The predicted octanol–water partition coefficient (Wildman–Crippen LogP) is 3.45. The fourth-order valence-electron chi connectivity index (χ4n) is 3.18. The van der Waals surface area contributed by atoms with Gasteiger partial charge in [-0.1, -0.05) is 48.0 Å². The summed E-state index contributed by atoms with van der Waals surface area (Å²) in [4.78, 5) is 14.5. The van der Waals surface area contributed by atoms with E-state index in [9.17, 15) is 4.79 Å². The topological polar surface area (TPSA) is 32.3 Å². The maximum absolute atomic E-state index is 12.5. The molecule has 120 valence electrons. The van der Waals surface area contributed by atoms with Gasteiger partial charge in [-0.25, -0.2) is 0 Å². The Balaban J connectivity index is 1.50. The summed E-state index contributed by atoms with van der Waals surface area (Å²) in [7, 11) is 0. The first kappa shape index (κ1) is 15.8. The molecule has 0 radical (unpaired) electrons. The zero-order valence-corrected chi connectivity index (χ0v) is 13.7. The normalized spacial score (nSPS) is 13.7. The number of anilines is 1. The van der Waals surface area contributed by atoms with Crippen LogP contribution in [0.4, 0.5) is 5.69 Å². The zero-order chi connectivity index (χ0) is 16.1. The van der Waals surface area contributed by atoms with Gasteiger partial charge in [0, 0.05) is 31.7 Å². The number of para-hydroxylation sites is 1. The highest BCUT2D eigenvalue weighted by Crippen LogP contribution is 2.26. The second-order valence-corrected chi connectivity index (χ2v) is 6.19. The molecule has 23 heavy (non-hydrogen) atoms. The molecule has 2 aromatic rings. The van der Waals surface area contributed by atoms with Crippen LogP contribution in [0.2, 0.25) is 0 Å². The van der Waals surface area contributed by atoms with Crippen molar-refractivity contribution in [1.29, 1.82) is 0 Å². The van der Waals surface area contributed by atoms with Crippen LogP contribution in [0.25, 0.3) is 0 Å². The molecule has 0 spiro atoms. The number of hydrogen-bond donors (Lipinski definition) is 1. The van der Waals surface area contributed by atoms with Gasteiger partial charge >= 0.3 is 0 Å². The number of rotatable bonds is 5. The first-order chi connectivity index (χ1) is 11.2. The summed E-state index contributed by atoms with van der Waals surface area (Å²) in [6.07, 6.45) is 2.67. The number of aryl methyl sites for hydroxylation is 2. The lowest BCUT2D eigenvalue weighted by Gasteiger charge is -2.29. The maximum atomic E-state index is 12.5. The lowest BCUT2D eigenvalue weighted by atomic mass is 10.0. The largest absolute Gasteiger partial charge is 0.312 e. The standard InChI is InChI=1S/C20H24N2O/c1-16-6-4-7-17(14-16)15-21-12-11-20(23)22-13-5-9-18-8-2-3-10-19(18)22/h2-4,6-8,10,14,21H,5,9,11-13,15H2,1H3. The van der Waals surface area contributed by atoms with Crippen molar-refractivity contribution in [1.82, 2.24) is 5.32 Å². The summed E-state index contributed by atoms with van der Waals surface area (Å²) in [5.74, 6) is 0.217. The van der Waals surface area contributed by atoms with Gasteiger partial charge in [-0.15, -0.1) is 0 Å². The van der Waals surface area contributed by atoms with Crippen LogP contribution in [0, 0.1) is 6.92 Å². The molecule has 3 rings (SSSR count). The van der Waals surface area contributed by atoms with Crippen molar-refractivity contribution in [3.63, 3.8) is 0 Å². The summed E-state index contributed by atoms with van der Waals surface area (Å²) >= 11 is 0. The highest BCUT2D eigenvalue weighted by Gasteiger charge is 2.21. The molecular formula is C20H24N2O. The average Bonchev–Trinajstić information content (AvgIpc) is 2.58. The minimum absolute atomic E-state index is 0.217. The number of carbonyl (C=O) groups is 1. The number of fused-ring (bicyclic) bond motifs is 1. The molecule has 1 aliphatic rings. The van der Waals surface area contributed by atoms with Crippen LogP contribution in [0.3, 0.4) is 0 Å². The van der Waals surface area contributed by atoms with Gasteiger partial charge in [0.25, 0.3) is 0 Å². The Morgan fingerprint density at radius 1 is 1.17 bits per heavy atom. The van der Waals surface area contributed by atoms with E-state index in [1.54, 1.807) is 0 Å². The van der Waals surface area contributed by atoms with E-state index in [4.69, 9.17) is 0 Å². The van der Waals surface area contributed by atoms with Crippen LogP contribution >= 0.6 is 0 Å². The molecule has 1 N–H and O–H groups in total. The number of amides is 1. The lowest BCUT2D eigenvalue weighted by Crippen LogP contribution is -2.36. The van der Waals surface area contributed by atoms with Gasteiger partial charge < -0.3 is 10.2 Å². The molecule has 0 bridgehead atoms. The van der Waals surface area contributed by atoms with E-state index in [-0.39, 0.29) is 5.91 Å². The maximum Gasteiger partial charge on any atom is 0.228 e. The molecule has 1 heterocycles. The van der Waals surface area contributed by atoms with Crippen LogP contribution in [-0.2, 0) is 17.8 Å². The summed E-state index contributed by atoms with van der Waals surface area (Å²) in [6, 6.07) is 16.7. The smallest absolute Gasteiger partial charge is 0.228 e. The molecule has 0 aromatic heterocycles. The predicted molar refractivity (Wildman–Crippen MR) is 94.6 cm³/mol. The van der Waals surface area contributed by atoms with Gasteiger partial charge in [0.1, 0.15) is 0 Å². The van der Waals surface area contributed by atoms with Crippen molar-refractivity contribution in [2.24, 2.45) is 0 Å². The fraction of sp³-hybridized carbons (Fsp3) is 0.350. The Hall–Kier alpha value is -2.13. The third kappa shape index (κ3) is 3.99. The monoisotopic (exact) mass is 308 g/mol. The van der Waals surface area contributed by atoms with Crippen molar-refractivity contribution in [2.75, 3.05) is 18.0 Å². The minimum atomic E-state index is 0.217. The van der Waals surface area contributed by atoms with Crippen LogP contribution in [0.1, 0.15) is 29.5 Å². The van der Waals surface area contributed by atoms with E-state index in [1.807, 2.05) is 11.0 Å². The van der Waals surface area contributed by atoms with Crippen molar-refractivity contribution in [2.45, 2.75) is 32.7 Å². The second kappa shape index (κ2) is 7.42. The molecule has 0 saturated carbocycles. The van der Waals surface area contributed by atoms with Gasteiger partial charge in [-0.3, -0.25) is 4.79 Å². The van der Waals surface area contributed by atoms with E-state index in [0.717, 1.165) is 31.6 Å². The van der Waals surface area contributed by atoms with E-state index >= 15 is 0 Å². The highest BCUT2D eigenvalue weighted by atomic mass is 16.2. The number of nitrogens with one attached hydrogen (secondary N) is 1. The Kier molecular flexibility index (Phi) is 5.09. The van der Waals surface area contributed by atoms with E-state index in [2.05, 4.69) is 54.7 Å². The second-order valence-electron chi connectivity index (χ2n) is 6.19. The van der Waals surface area contributed by atoms with E-state index in [0.29, 0.717) is 13.0 Å². The SMILES string of the molecule is Cc1cccc(CNCCC(=O)N2CCCc3ccccc32)c1. The average molecular weight is 308 g/mol. The van der Waals surface area contributed by atoms with Crippen LogP contribution in [-0.4, -0.2) is 19.0 Å². The van der Waals surface area contributed by atoms with Crippen LogP contribution in [0.15, 0.2) is 48.5 Å². The summed E-state index contributed by atoms with van der Waals surface area (Å²) < 4.78 is 0. The van der Waals surface area contributed by atoms with Gasteiger partial charge in [-0.2, -0.15) is 0 Å². The number of carbonyl (C=O) groups excluding carboxylic acids is 1. The molecule has 0 unspecified atom stereocenters. The first-order valence-corrected chi connectivity index (χ1v) is 8.38. The van der Waals surface area contributed by atoms with Crippen molar-refractivity contribution in [3.8, 4) is 0 Å². The molecule has 1 aliphatic heterocycles. The van der Waals surface area contributed by atoms with Gasteiger partial charge in [-0.05, 0) is 37.0 Å². The number of hydrogen-bond acceptors (Lipinski definition) is 2. The molecule has 0 saturated heterocycles. The third-order valence-corrected chi connectivity index (χ3v) is 4.34. The van der Waals surface area contributed by atoms with E-state index in [1.165, 1.54) is 16.7 Å². The molecule has 2 aromatic carbocycles. The fourth-order valence-corrected chi connectivity index (χ4v) is 3.18. The Morgan fingerprint density at radius 3 is 2.91 bits per heavy atom. The Morgan fingerprint density at radius 2 is 2.04 bits per heavy atom. The quantitative estimate of drug-likeness (QED) is 0.858. The number of nitrogens with zero attached hydrogens (tertiary/aromatic N) is 1. The molecule has 3 heteroatoms. The minimum Gasteiger partial charge on any atom is -0.312 e. The molecule has 0 atom stereocenters. The molecule has 1 amide bonds. The number of benzene rings is 2. The molecule has 0 fully saturated rings. The first-order valence-electron chi connectivity index (χ1n) is 8.38. The van der Waals surface area contributed by atoms with Crippen molar-refractivity contribution in [3.05, 3.63) is 65.2 Å². The summed E-state index contributed by atoms with van der Waals surface area (Å²) in [5, 5.41) is 3.38. The van der Waals surface area contributed by atoms with Crippen molar-refractivity contribution >= 4 is 11.6 Å². The van der Waals surface area contributed by atoms with Gasteiger partial charge in [0.15, 0.2) is 0 Å². The third-order valence-electron chi connectivity index (χ3n) is 4.34. The van der Waals surface area contributed by atoms with Crippen LogP contribution < -0.4 is 10.2 Å². The van der Waals surface area contributed by atoms with Crippen LogP contribution in [0.5, 0.6) is 0 Å². The zero-order valence-electron chi connectivity index (χ0n) is 13.7. The molecule has 3 nitrogen and oxygen atoms in total. The Bertz CT molecular complexity index is 681. The Labute approximate surface area is 138 Å². The highest BCUT2D eigenvalue weighted by molar-refractivity contribution is 5.94. The molecular weight excluding hydrogens is 284 g/mol. The van der Waals surface area contributed by atoms with Crippen molar-refractivity contribution < 1.29 is 4.79 Å².